The number of amides is 3. The number of benzene rings is 2. The van der Waals surface area contributed by atoms with Crippen LogP contribution >= 0.6 is 11.6 Å². The highest BCUT2D eigenvalue weighted by Crippen LogP contribution is 2.51. The molecule has 0 bridgehead atoms. The van der Waals surface area contributed by atoms with E-state index < -0.39 is 111 Å². The van der Waals surface area contributed by atoms with Crippen molar-refractivity contribution in [3.8, 4) is 11.1 Å². The number of nitrogens with zero attached hydrogens (tertiary/aromatic N) is 2. The Morgan fingerprint density at radius 2 is 1.63 bits per heavy atom. The molecule has 0 aliphatic carbocycles. The van der Waals surface area contributed by atoms with E-state index >= 15 is 0 Å². The van der Waals surface area contributed by atoms with Crippen LogP contribution in [0.15, 0.2) is 24.3 Å². The van der Waals surface area contributed by atoms with Gasteiger partial charge in [-0.25, -0.2) is 14.4 Å². The number of aliphatic hydroxyl groups excluding tert-OH is 1. The summed E-state index contributed by atoms with van der Waals surface area (Å²) >= 11 is 6.59. The SMILES string of the molecule is NC(=O)c1ccc(N2CCOCC2=O)c(-c2c(C(N)=O)ccc(Cl)c2[N+]2(OC(=O)O)C[C@H](O)C[C@H]2OC(=O)O)c1C(=O)O. The average molecular weight is 624 g/mol. The van der Waals surface area contributed by atoms with Crippen molar-refractivity contribution in [1.29, 1.82) is 0 Å². The van der Waals surface area contributed by atoms with E-state index in [0.717, 1.165) is 23.1 Å². The Morgan fingerprint density at radius 3 is 2.19 bits per heavy atom. The lowest BCUT2D eigenvalue weighted by molar-refractivity contribution is -0.179. The van der Waals surface area contributed by atoms with E-state index in [2.05, 4.69) is 0 Å². The fourth-order valence-electron chi connectivity index (χ4n) is 5.34. The molecule has 2 aliphatic heterocycles. The van der Waals surface area contributed by atoms with E-state index in [-0.39, 0.29) is 18.8 Å². The Kier molecular flexibility index (Phi) is 8.45. The third kappa shape index (κ3) is 5.61. The molecule has 0 saturated carbocycles. The van der Waals surface area contributed by atoms with Crippen LogP contribution in [0.1, 0.15) is 37.5 Å². The summed E-state index contributed by atoms with van der Waals surface area (Å²) in [5.41, 5.74) is 7.37. The van der Waals surface area contributed by atoms with E-state index in [1.807, 2.05) is 0 Å². The van der Waals surface area contributed by atoms with Gasteiger partial charge in [0.05, 0.1) is 41.0 Å². The van der Waals surface area contributed by atoms with Gasteiger partial charge in [-0.15, -0.1) is 0 Å². The molecule has 3 amide bonds. The van der Waals surface area contributed by atoms with Crippen LogP contribution in [0.25, 0.3) is 11.1 Å². The highest BCUT2D eigenvalue weighted by molar-refractivity contribution is 6.34. The van der Waals surface area contributed by atoms with Crippen LogP contribution in [-0.4, -0.2) is 95.1 Å². The fraction of sp³-hybridized carbons (Fsp3) is 0.280. The molecule has 17 nitrogen and oxygen atoms in total. The van der Waals surface area contributed by atoms with Crippen molar-refractivity contribution in [2.75, 3.05) is 31.2 Å². The van der Waals surface area contributed by atoms with Crippen molar-refractivity contribution in [2.24, 2.45) is 11.5 Å². The number of quaternary nitrogens is 1. The molecule has 4 rings (SSSR count). The van der Waals surface area contributed by atoms with Crippen LogP contribution in [0, 0.1) is 0 Å². The molecule has 2 saturated heterocycles. The number of ether oxygens (including phenoxy) is 2. The molecular weight excluding hydrogens is 600 g/mol. The van der Waals surface area contributed by atoms with E-state index in [1.54, 1.807) is 0 Å². The molecule has 0 aromatic heterocycles. The molecule has 1 unspecified atom stereocenters. The molecule has 2 aromatic rings. The normalized spacial score (nSPS) is 21.7. The Labute approximate surface area is 245 Å². The van der Waals surface area contributed by atoms with E-state index in [0.29, 0.717) is 0 Å². The molecule has 18 heteroatoms. The van der Waals surface area contributed by atoms with Crippen molar-refractivity contribution >= 4 is 59.0 Å². The van der Waals surface area contributed by atoms with E-state index in [1.165, 1.54) is 6.07 Å². The number of rotatable bonds is 8. The highest BCUT2D eigenvalue weighted by Gasteiger charge is 2.58. The van der Waals surface area contributed by atoms with Crippen LogP contribution < -0.4 is 21.0 Å². The number of nitrogens with two attached hydrogens (primary N) is 2. The summed E-state index contributed by atoms with van der Waals surface area (Å²) in [7, 11) is 0. The summed E-state index contributed by atoms with van der Waals surface area (Å²) in [5.74, 6) is -4.86. The third-order valence-electron chi connectivity index (χ3n) is 6.86. The van der Waals surface area contributed by atoms with Gasteiger partial charge in [-0.05, 0) is 24.3 Å². The standard InChI is InChI=1S/C25H23ClN4O13/c26-13-3-1-11(21(27)33)17(20(13)30(43-25(39)40)8-10(31)7-16(30)42-24(37)38)19-14(29-5-6-41-9-15(29)32)4-2-12(22(28)34)18(19)23(35)36/h1-4,10,16,31H,5-9H2,(H6-,27,28,33,34,35,36,37,38,39,40)/p+1/t10-,16-,30?/m1/s1. The van der Waals surface area contributed by atoms with Gasteiger partial charge >= 0.3 is 18.3 Å². The van der Waals surface area contributed by atoms with Crippen molar-refractivity contribution in [2.45, 2.75) is 18.8 Å². The second-order valence-corrected chi connectivity index (χ2v) is 9.80. The van der Waals surface area contributed by atoms with Crippen LogP contribution in [0.3, 0.4) is 0 Å². The number of carboxylic acid groups (broad SMARTS) is 3. The van der Waals surface area contributed by atoms with Gasteiger partial charge in [0.25, 0.3) is 12.1 Å². The minimum Gasteiger partial charge on any atom is -0.478 e. The number of carbonyl (C=O) groups is 6. The van der Waals surface area contributed by atoms with Gasteiger partial charge in [0, 0.05) is 12.1 Å². The van der Waals surface area contributed by atoms with Gasteiger partial charge < -0.3 is 46.3 Å². The maximum Gasteiger partial charge on any atom is 0.557 e. The number of carbonyl (C=O) groups excluding carboxylic acids is 3. The molecule has 2 aromatic carbocycles. The lowest BCUT2D eigenvalue weighted by Crippen LogP contribution is -2.56. The van der Waals surface area contributed by atoms with Crippen LogP contribution in [0.5, 0.6) is 0 Å². The number of anilines is 1. The molecule has 3 atom stereocenters. The third-order valence-corrected chi connectivity index (χ3v) is 7.17. The first-order chi connectivity index (χ1) is 20.2. The molecule has 43 heavy (non-hydrogen) atoms. The zero-order chi connectivity index (χ0) is 31.8. The quantitative estimate of drug-likeness (QED) is 0.177. The number of aromatic carboxylic acids is 1. The van der Waals surface area contributed by atoms with Crippen molar-refractivity contribution < 1.29 is 63.5 Å². The Morgan fingerprint density at radius 1 is 0.977 bits per heavy atom. The first-order valence-electron chi connectivity index (χ1n) is 12.3. The number of carboxylic acids is 1. The zero-order valence-corrected chi connectivity index (χ0v) is 22.6. The summed E-state index contributed by atoms with van der Waals surface area (Å²) in [5, 5.41) is 39.7. The second-order valence-electron chi connectivity index (χ2n) is 9.40. The largest absolute Gasteiger partial charge is 0.557 e. The average Bonchev–Trinajstić information content (AvgIpc) is 3.20. The predicted molar refractivity (Wildman–Crippen MR) is 143 cm³/mol. The minimum atomic E-state index is -2.01. The molecule has 2 fully saturated rings. The minimum absolute atomic E-state index is 0.000914. The molecule has 2 aliphatic rings. The lowest BCUT2D eigenvalue weighted by Gasteiger charge is -2.36. The van der Waals surface area contributed by atoms with Gasteiger partial charge in [-0.3, -0.25) is 14.4 Å². The lowest BCUT2D eigenvalue weighted by atomic mass is 9.87. The van der Waals surface area contributed by atoms with Gasteiger partial charge in [-0.2, -0.15) is 4.79 Å². The second kappa shape index (κ2) is 11.7. The maximum absolute atomic E-state index is 12.9. The molecular formula is C25H24ClN4O13+. The summed E-state index contributed by atoms with van der Waals surface area (Å²) in [6.45, 7) is -1.28. The Hall–Kier alpha value is -4.97. The Balaban J connectivity index is 2.27. The topological polar surface area (TPSA) is 266 Å². The van der Waals surface area contributed by atoms with Crippen molar-refractivity contribution in [3.05, 3.63) is 46.0 Å². The number of halogens is 1. The molecule has 228 valence electrons. The fourth-order valence-corrected chi connectivity index (χ4v) is 5.64. The van der Waals surface area contributed by atoms with Crippen LogP contribution in [0.4, 0.5) is 21.0 Å². The monoisotopic (exact) mass is 623 g/mol. The predicted octanol–water partition coefficient (Wildman–Crippen LogP) is 0.968. The first-order valence-corrected chi connectivity index (χ1v) is 12.7. The van der Waals surface area contributed by atoms with Gasteiger partial charge in [0.2, 0.25) is 17.5 Å². The maximum atomic E-state index is 12.9. The Bertz CT molecular complexity index is 1560. The van der Waals surface area contributed by atoms with Gasteiger partial charge in [0.1, 0.15) is 17.7 Å². The van der Waals surface area contributed by atoms with E-state index in [9.17, 15) is 49.2 Å². The van der Waals surface area contributed by atoms with Crippen molar-refractivity contribution in [3.63, 3.8) is 0 Å². The number of primary amides is 2. The van der Waals surface area contributed by atoms with Gasteiger partial charge in [0.15, 0.2) is 6.54 Å². The van der Waals surface area contributed by atoms with Crippen LogP contribution in [0.2, 0.25) is 5.02 Å². The summed E-state index contributed by atoms with van der Waals surface area (Å²) in [6.07, 6.45) is -7.75. The molecule has 8 N–H and O–H groups in total. The number of aliphatic hydroxyl groups is 1. The van der Waals surface area contributed by atoms with Crippen molar-refractivity contribution in [1.82, 2.24) is 4.65 Å². The van der Waals surface area contributed by atoms with Crippen LogP contribution in [-0.2, 0) is 19.1 Å². The first kappa shape index (κ1) is 31.0. The van der Waals surface area contributed by atoms with Gasteiger partial charge in [-0.1, -0.05) is 16.2 Å². The molecule has 0 radical (unpaired) electrons. The highest BCUT2D eigenvalue weighted by atomic mass is 35.5. The smallest absolute Gasteiger partial charge is 0.478 e. The number of hydroxylamine groups is 2. The molecule has 2 heterocycles. The summed E-state index contributed by atoms with van der Waals surface area (Å²) < 4.78 is 8.51. The number of morpholine rings is 1. The summed E-state index contributed by atoms with van der Waals surface area (Å²) in [4.78, 5) is 81.0. The van der Waals surface area contributed by atoms with E-state index in [4.69, 9.17) is 37.4 Å². The summed E-state index contributed by atoms with van der Waals surface area (Å²) in [6, 6.07) is 4.35. The number of hydrogen-bond acceptors (Lipinski definition) is 10. The zero-order valence-electron chi connectivity index (χ0n) is 21.9. The molecule has 0 spiro atoms. The number of hydrogen-bond donors (Lipinski definition) is 6.